The van der Waals surface area contributed by atoms with E-state index in [2.05, 4.69) is 4.98 Å². The highest BCUT2D eigenvalue weighted by Crippen LogP contribution is 2.32. The highest BCUT2D eigenvalue weighted by molar-refractivity contribution is 7.13. The number of rotatable bonds is 4. The van der Waals surface area contributed by atoms with Gasteiger partial charge in [0, 0.05) is 17.5 Å². The minimum atomic E-state index is -4.34. The normalized spacial score (nSPS) is 18.5. The molecule has 1 atom stereocenters. The van der Waals surface area contributed by atoms with Crippen molar-refractivity contribution in [3.05, 3.63) is 40.9 Å². The van der Waals surface area contributed by atoms with Gasteiger partial charge in [-0.05, 0) is 31.5 Å². The number of methoxy groups -OCH3 is 1. The molecule has 1 aromatic carbocycles. The summed E-state index contributed by atoms with van der Waals surface area (Å²) in [4.78, 5) is 18.3. The van der Waals surface area contributed by atoms with E-state index >= 15 is 0 Å². The SMILES string of the molecule is COC(=O)C1CCCN1Cc1csc(-c2ccc(C(F)(F)F)cc2)n1. The first kappa shape index (κ1) is 17.9. The van der Waals surface area contributed by atoms with Crippen LogP contribution in [0.1, 0.15) is 24.1 Å². The van der Waals surface area contributed by atoms with E-state index in [1.54, 1.807) is 0 Å². The third-order valence-corrected chi connectivity index (χ3v) is 5.15. The Morgan fingerprint density at radius 3 is 2.72 bits per heavy atom. The molecule has 0 amide bonds. The molecule has 134 valence electrons. The lowest BCUT2D eigenvalue weighted by molar-refractivity contribution is -0.146. The summed E-state index contributed by atoms with van der Waals surface area (Å²) < 4.78 is 42.7. The van der Waals surface area contributed by atoms with Gasteiger partial charge in [-0.25, -0.2) is 4.98 Å². The van der Waals surface area contributed by atoms with Crippen LogP contribution in [0.25, 0.3) is 10.6 Å². The van der Waals surface area contributed by atoms with E-state index in [-0.39, 0.29) is 12.0 Å². The fourth-order valence-electron chi connectivity index (χ4n) is 2.94. The number of alkyl halides is 3. The van der Waals surface area contributed by atoms with E-state index in [9.17, 15) is 18.0 Å². The van der Waals surface area contributed by atoms with Gasteiger partial charge in [-0.2, -0.15) is 13.2 Å². The van der Waals surface area contributed by atoms with Crippen LogP contribution in [0, 0.1) is 0 Å². The quantitative estimate of drug-likeness (QED) is 0.764. The number of carbonyl (C=O) groups excluding carboxylic acids is 1. The van der Waals surface area contributed by atoms with Crippen LogP contribution in [-0.2, 0) is 22.3 Å². The second kappa shape index (κ2) is 7.13. The van der Waals surface area contributed by atoms with Crippen molar-refractivity contribution in [2.75, 3.05) is 13.7 Å². The van der Waals surface area contributed by atoms with Crippen LogP contribution < -0.4 is 0 Å². The van der Waals surface area contributed by atoms with Gasteiger partial charge >= 0.3 is 12.1 Å². The molecule has 1 aromatic heterocycles. The van der Waals surface area contributed by atoms with Crippen LogP contribution >= 0.6 is 11.3 Å². The lowest BCUT2D eigenvalue weighted by atomic mass is 10.1. The Balaban J connectivity index is 1.71. The van der Waals surface area contributed by atoms with E-state index in [1.807, 2.05) is 10.3 Å². The third kappa shape index (κ3) is 4.01. The molecule has 1 saturated heterocycles. The molecule has 0 aliphatic carbocycles. The van der Waals surface area contributed by atoms with E-state index in [4.69, 9.17) is 4.74 Å². The van der Waals surface area contributed by atoms with Crippen LogP contribution in [0.5, 0.6) is 0 Å². The van der Waals surface area contributed by atoms with Crippen LogP contribution in [0.2, 0.25) is 0 Å². The van der Waals surface area contributed by atoms with Gasteiger partial charge < -0.3 is 4.74 Å². The molecule has 8 heteroatoms. The van der Waals surface area contributed by atoms with Gasteiger partial charge in [0.05, 0.1) is 18.4 Å². The molecule has 1 unspecified atom stereocenters. The van der Waals surface area contributed by atoms with Gasteiger partial charge in [0.25, 0.3) is 0 Å². The zero-order valence-electron chi connectivity index (χ0n) is 13.5. The number of aromatic nitrogens is 1. The molecule has 0 radical (unpaired) electrons. The number of nitrogens with zero attached hydrogens (tertiary/aromatic N) is 2. The summed E-state index contributed by atoms with van der Waals surface area (Å²) in [6.45, 7) is 1.32. The molecular formula is C17H17F3N2O2S. The summed E-state index contributed by atoms with van der Waals surface area (Å²) in [7, 11) is 1.38. The summed E-state index contributed by atoms with van der Waals surface area (Å²) in [5.41, 5.74) is 0.775. The first-order chi connectivity index (χ1) is 11.9. The van der Waals surface area contributed by atoms with Crippen molar-refractivity contribution >= 4 is 17.3 Å². The summed E-state index contributed by atoms with van der Waals surface area (Å²) >= 11 is 1.38. The standard InChI is InChI=1S/C17H17F3N2O2S/c1-24-16(23)14-3-2-8-22(14)9-13-10-25-15(21-13)11-4-6-12(7-5-11)17(18,19)20/h4-7,10,14H,2-3,8-9H2,1H3. The zero-order valence-corrected chi connectivity index (χ0v) is 14.4. The van der Waals surface area contributed by atoms with E-state index in [0.717, 1.165) is 37.2 Å². The average molecular weight is 370 g/mol. The average Bonchev–Trinajstić information content (AvgIpc) is 3.23. The molecular weight excluding hydrogens is 353 g/mol. The minimum Gasteiger partial charge on any atom is -0.468 e. The number of likely N-dealkylation sites (tertiary alicyclic amines) is 1. The van der Waals surface area contributed by atoms with Crippen molar-refractivity contribution in [3.8, 4) is 10.6 Å². The highest BCUT2D eigenvalue weighted by Gasteiger charge is 2.32. The molecule has 0 spiro atoms. The molecule has 4 nitrogen and oxygen atoms in total. The van der Waals surface area contributed by atoms with Gasteiger partial charge in [0.2, 0.25) is 0 Å². The van der Waals surface area contributed by atoms with Crippen molar-refractivity contribution in [2.24, 2.45) is 0 Å². The largest absolute Gasteiger partial charge is 0.468 e. The van der Waals surface area contributed by atoms with Crippen LogP contribution in [-0.4, -0.2) is 35.5 Å². The van der Waals surface area contributed by atoms with Crippen molar-refractivity contribution in [3.63, 3.8) is 0 Å². The Labute approximate surface area is 147 Å². The fraction of sp³-hybridized carbons (Fsp3) is 0.412. The van der Waals surface area contributed by atoms with E-state index in [0.29, 0.717) is 17.1 Å². The van der Waals surface area contributed by atoms with Crippen LogP contribution in [0.15, 0.2) is 29.6 Å². The topological polar surface area (TPSA) is 42.4 Å². The number of thiazole rings is 1. The van der Waals surface area contributed by atoms with Gasteiger partial charge in [0.1, 0.15) is 11.0 Å². The summed E-state index contributed by atoms with van der Waals surface area (Å²) in [6.07, 6.45) is -2.65. The van der Waals surface area contributed by atoms with Crippen molar-refractivity contribution < 1.29 is 22.7 Å². The lowest BCUT2D eigenvalue weighted by Gasteiger charge is -2.21. The summed E-state index contributed by atoms with van der Waals surface area (Å²) in [5.74, 6) is -0.240. The maximum atomic E-state index is 12.6. The Bertz CT molecular complexity index is 743. The number of hydrogen-bond donors (Lipinski definition) is 0. The Morgan fingerprint density at radius 2 is 2.08 bits per heavy atom. The number of benzene rings is 1. The number of esters is 1. The third-order valence-electron chi connectivity index (χ3n) is 4.21. The van der Waals surface area contributed by atoms with Crippen molar-refractivity contribution in [2.45, 2.75) is 31.6 Å². The Kier molecular flexibility index (Phi) is 5.10. The molecule has 0 bridgehead atoms. The summed E-state index contributed by atoms with van der Waals surface area (Å²) in [5, 5.41) is 2.54. The molecule has 2 heterocycles. The first-order valence-corrected chi connectivity index (χ1v) is 8.70. The van der Waals surface area contributed by atoms with Crippen molar-refractivity contribution in [1.29, 1.82) is 0 Å². The van der Waals surface area contributed by atoms with Gasteiger partial charge in [0.15, 0.2) is 0 Å². The number of carbonyl (C=O) groups is 1. The Morgan fingerprint density at radius 1 is 1.36 bits per heavy atom. The molecule has 1 fully saturated rings. The molecule has 2 aromatic rings. The van der Waals surface area contributed by atoms with Crippen LogP contribution in [0.4, 0.5) is 13.2 Å². The molecule has 1 aliphatic rings. The second-order valence-corrected chi connectivity index (χ2v) is 6.73. The van der Waals surface area contributed by atoms with Gasteiger partial charge in [-0.3, -0.25) is 9.69 Å². The minimum absolute atomic E-state index is 0.240. The maximum absolute atomic E-state index is 12.6. The highest BCUT2D eigenvalue weighted by atomic mass is 32.1. The monoisotopic (exact) mass is 370 g/mol. The molecule has 0 N–H and O–H groups in total. The molecule has 3 rings (SSSR count). The lowest BCUT2D eigenvalue weighted by Crippen LogP contribution is -2.36. The second-order valence-electron chi connectivity index (χ2n) is 5.87. The first-order valence-electron chi connectivity index (χ1n) is 7.82. The predicted octanol–water partition coefficient (Wildman–Crippen LogP) is 3.97. The summed E-state index contributed by atoms with van der Waals surface area (Å²) in [6, 6.07) is 4.73. The molecule has 1 aliphatic heterocycles. The maximum Gasteiger partial charge on any atom is 0.416 e. The Hall–Kier alpha value is -1.93. The van der Waals surface area contributed by atoms with Gasteiger partial charge in [-0.15, -0.1) is 11.3 Å². The zero-order chi connectivity index (χ0) is 18.0. The van der Waals surface area contributed by atoms with Gasteiger partial charge in [-0.1, -0.05) is 12.1 Å². The predicted molar refractivity (Wildman–Crippen MR) is 88.0 cm³/mol. The van der Waals surface area contributed by atoms with Crippen LogP contribution in [0.3, 0.4) is 0 Å². The molecule has 0 saturated carbocycles. The van der Waals surface area contributed by atoms with E-state index < -0.39 is 11.7 Å². The number of ether oxygens (including phenoxy) is 1. The van der Waals surface area contributed by atoms with E-state index in [1.165, 1.54) is 30.6 Å². The number of hydrogen-bond acceptors (Lipinski definition) is 5. The smallest absolute Gasteiger partial charge is 0.416 e. The fourth-order valence-corrected chi connectivity index (χ4v) is 3.76. The van der Waals surface area contributed by atoms with Crippen molar-refractivity contribution in [1.82, 2.24) is 9.88 Å². The number of halogens is 3. The molecule has 25 heavy (non-hydrogen) atoms.